The number of nitrogens with zero attached hydrogens (tertiary/aromatic N) is 3. The molecule has 0 unspecified atom stereocenters. The molecule has 0 radical (unpaired) electrons. The van der Waals surface area contributed by atoms with Crippen LogP contribution < -0.4 is 30.6 Å². The third kappa shape index (κ3) is 41.3. The van der Waals surface area contributed by atoms with Crippen LogP contribution in [0, 0.1) is 0 Å². The van der Waals surface area contributed by atoms with Crippen LogP contribution in [0.2, 0.25) is 0 Å². The number of hydrogen-bond donors (Lipinski definition) is 0. The van der Waals surface area contributed by atoms with Crippen molar-refractivity contribution in [2.45, 2.75) is 0 Å². The fourth-order valence-corrected chi connectivity index (χ4v) is 1.49. The molecule has 0 heterocycles. The first-order valence-electron chi connectivity index (χ1n) is 7.81. The maximum Gasteiger partial charge on any atom is 3.00 e. The van der Waals surface area contributed by atoms with Gasteiger partial charge in [-0.3, -0.25) is 14.7 Å². The van der Waals surface area contributed by atoms with Gasteiger partial charge in [0.25, 0.3) is 0 Å². The minimum Gasteiger partial charge on any atom is -0.549 e. The summed E-state index contributed by atoms with van der Waals surface area (Å²) >= 11 is 0. The van der Waals surface area contributed by atoms with E-state index >= 15 is 0 Å². The summed E-state index contributed by atoms with van der Waals surface area (Å²) in [6.45, 7) is -2.37. The van der Waals surface area contributed by atoms with Crippen molar-refractivity contribution in [1.29, 1.82) is 0 Å². The van der Waals surface area contributed by atoms with Gasteiger partial charge in [0.2, 0.25) is 0 Å². The Kier molecular flexibility index (Phi) is 27.7. The molecule has 0 bridgehead atoms. The maximum absolute atomic E-state index is 9.83. The number of carboxylic acid groups (broad SMARTS) is 6. The third-order valence-electron chi connectivity index (χ3n) is 2.39. The zero-order valence-corrected chi connectivity index (χ0v) is 17.6. The summed E-state index contributed by atoms with van der Waals surface area (Å²) in [5.41, 5.74) is 0. The average Bonchev–Trinajstić information content (AvgIpc) is 2.42. The van der Waals surface area contributed by atoms with Gasteiger partial charge in [-0.25, -0.2) is 0 Å². The van der Waals surface area contributed by atoms with Crippen molar-refractivity contribution in [3.05, 3.63) is 0 Å². The molecule has 0 atom stereocenters. The SMILES string of the molecule is CN(CC(=O)[O-])CC(=O)[O-].CN(CC(=O)[O-])CC(=O)[O-].CN(CC(=O)[O-])CC(=O)[O-].[B+3].[B+3]. The van der Waals surface area contributed by atoms with Crippen molar-refractivity contribution in [3.8, 4) is 0 Å². The number of carbonyl (C=O) groups excluding carboxylic acids is 6. The summed E-state index contributed by atoms with van der Waals surface area (Å²) in [5, 5.41) is 59.0. The molecule has 0 aliphatic rings. The van der Waals surface area contributed by atoms with Gasteiger partial charge in [-0.05, 0) is 21.1 Å². The van der Waals surface area contributed by atoms with Crippen LogP contribution in [0.5, 0.6) is 0 Å². The van der Waals surface area contributed by atoms with Gasteiger partial charge in [0.1, 0.15) is 0 Å². The molecule has 0 aromatic heterocycles. The molecule has 0 amide bonds. The van der Waals surface area contributed by atoms with Crippen LogP contribution >= 0.6 is 0 Å². The average molecular weight is 457 g/mol. The Hall–Kier alpha value is -3.17. The topological polar surface area (TPSA) is 250 Å². The van der Waals surface area contributed by atoms with Crippen molar-refractivity contribution < 1.29 is 59.4 Å². The van der Waals surface area contributed by atoms with E-state index in [9.17, 15) is 59.4 Å². The number of rotatable bonds is 12. The molecule has 17 heteroatoms. The minimum absolute atomic E-state index is 0. The number of likely N-dealkylation sites (N-methyl/N-ethyl adjacent to an activating group) is 3. The molecule has 0 fully saturated rings. The van der Waals surface area contributed by atoms with E-state index in [4.69, 9.17) is 0 Å². The second-order valence-electron chi connectivity index (χ2n) is 5.75. The van der Waals surface area contributed by atoms with Gasteiger partial charge in [-0.15, -0.1) is 0 Å². The van der Waals surface area contributed by atoms with E-state index in [1.807, 2.05) is 0 Å². The normalized spacial score (nSPS) is 9.19. The van der Waals surface area contributed by atoms with Gasteiger partial charge in [0, 0.05) is 39.3 Å². The fraction of sp³-hybridized carbons (Fsp3) is 0.600. The first-order chi connectivity index (χ1) is 13.6. The summed E-state index contributed by atoms with van der Waals surface area (Å²) in [6.07, 6.45) is 0. The van der Waals surface area contributed by atoms with E-state index in [-0.39, 0.29) is 16.8 Å². The molecule has 0 rings (SSSR count). The predicted molar refractivity (Wildman–Crippen MR) is 94.0 cm³/mol. The molecule has 0 saturated heterocycles. The Balaban J connectivity index is -0.000000110. The van der Waals surface area contributed by atoms with E-state index in [1.165, 1.54) is 21.1 Å². The van der Waals surface area contributed by atoms with Crippen molar-refractivity contribution >= 4 is 52.6 Å². The molecule has 0 N–H and O–H groups in total. The molecule has 0 aliphatic carbocycles. The molecule has 0 saturated carbocycles. The van der Waals surface area contributed by atoms with Crippen LogP contribution in [0.1, 0.15) is 0 Å². The zero-order chi connectivity index (χ0) is 24.4. The van der Waals surface area contributed by atoms with Crippen LogP contribution in [0.25, 0.3) is 0 Å². The van der Waals surface area contributed by atoms with Gasteiger partial charge in [0.15, 0.2) is 0 Å². The number of aliphatic carboxylic acids is 6. The summed E-state index contributed by atoms with van der Waals surface area (Å²) in [5.74, 6) is -7.81. The van der Waals surface area contributed by atoms with Gasteiger partial charge in [-0.1, -0.05) is 0 Å². The van der Waals surface area contributed by atoms with E-state index in [2.05, 4.69) is 0 Å². The first-order valence-corrected chi connectivity index (χ1v) is 7.81. The zero-order valence-electron chi connectivity index (χ0n) is 17.6. The fourth-order valence-electron chi connectivity index (χ4n) is 1.49. The second kappa shape index (κ2) is 22.5. The van der Waals surface area contributed by atoms with Gasteiger partial charge >= 0.3 is 16.8 Å². The second-order valence-corrected chi connectivity index (χ2v) is 5.75. The molecule has 32 heavy (non-hydrogen) atoms. The van der Waals surface area contributed by atoms with Gasteiger partial charge in [0.05, 0.1) is 35.8 Å². The Morgan fingerprint density at radius 2 is 0.500 bits per heavy atom. The molecule has 15 nitrogen and oxygen atoms in total. The minimum atomic E-state index is -1.30. The van der Waals surface area contributed by atoms with Crippen molar-refractivity contribution in [1.82, 2.24) is 14.7 Å². The monoisotopic (exact) mass is 457 g/mol. The molecule has 0 aromatic carbocycles. The number of carboxylic acids is 6. The van der Waals surface area contributed by atoms with Crippen molar-refractivity contribution in [2.75, 3.05) is 60.4 Å². The maximum atomic E-state index is 9.83. The first kappa shape index (κ1) is 39.3. The van der Waals surface area contributed by atoms with Crippen LogP contribution in [0.15, 0.2) is 0 Å². The van der Waals surface area contributed by atoms with Gasteiger partial charge < -0.3 is 59.4 Å². The van der Waals surface area contributed by atoms with Crippen LogP contribution in [-0.4, -0.2) is 128 Å². The standard InChI is InChI=1S/3C5H9NO4.2B/c3*1-6(2-4(7)8)3-5(9)10;;/h3*2-3H2,1H3,(H,7,8)(H,9,10);;/q;;;2*+3/p-6. The number of hydrogen-bond acceptors (Lipinski definition) is 15. The van der Waals surface area contributed by atoms with Crippen LogP contribution in [0.3, 0.4) is 0 Å². The largest absolute Gasteiger partial charge is 3.00 e. The quantitative estimate of drug-likeness (QED) is 0.247. The third-order valence-corrected chi connectivity index (χ3v) is 2.39. The number of carbonyl (C=O) groups is 6. The Bertz CT molecular complexity index is 477. The van der Waals surface area contributed by atoms with E-state index < -0.39 is 75.1 Å². The predicted octanol–water partition coefficient (Wildman–Crippen LogP) is -11.5. The molecule has 0 aliphatic heterocycles. The van der Waals surface area contributed by atoms with Gasteiger partial charge in [-0.2, -0.15) is 0 Å². The van der Waals surface area contributed by atoms with E-state index in [1.54, 1.807) is 0 Å². The van der Waals surface area contributed by atoms with Crippen molar-refractivity contribution in [3.63, 3.8) is 0 Å². The molecule has 0 spiro atoms. The van der Waals surface area contributed by atoms with Crippen molar-refractivity contribution in [2.24, 2.45) is 0 Å². The molecule has 0 aromatic rings. The molecular weight excluding hydrogens is 436 g/mol. The van der Waals surface area contributed by atoms with E-state index in [0.29, 0.717) is 0 Å². The Morgan fingerprint density at radius 3 is 0.562 bits per heavy atom. The summed E-state index contributed by atoms with van der Waals surface area (Å²) in [6, 6.07) is 0. The molecule has 174 valence electrons. The Morgan fingerprint density at radius 1 is 0.406 bits per heavy atom. The smallest absolute Gasteiger partial charge is 0.549 e. The van der Waals surface area contributed by atoms with Crippen LogP contribution in [-0.2, 0) is 28.8 Å². The molecular formula is C15H21B2N3O12. The summed E-state index contributed by atoms with van der Waals surface area (Å²) < 4.78 is 0. The van der Waals surface area contributed by atoms with E-state index in [0.717, 1.165) is 14.7 Å². The summed E-state index contributed by atoms with van der Waals surface area (Å²) in [4.78, 5) is 62.2. The van der Waals surface area contributed by atoms with Crippen LogP contribution in [0.4, 0.5) is 0 Å². The Labute approximate surface area is 188 Å². The summed E-state index contributed by atoms with van der Waals surface area (Å²) in [7, 11) is 4.06.